The summed E-state index contributed by atoms with van der Waals surface area (Å²) in [7, 11) is 0. The highest BCUT2D eigenvalue weighted by Gasteiger charge is 2.15. The molecule has 0 fully saturated rings. The van der Waals surface area contributed by atoms with E-state index < -0.39 is 0 Å². The highest BCUT2D eigenvalue weighted by Crippen LogP contribution is 2.27. The Balaban J connectivity index is 2.38. The quantitative estimate of drug-likeness (QED) is 0.360. The Hall–Kier alpha value is -0.790. The largest absolute Gasteiger partial charge is 0.346 e. The van der Waals surface area contributed by atoms with Crippen molar-refractivity contribution in [1.82, 2.24) is 9.97 Å². The predicted molar refractivity (Wildman–Crippen MR) is 102 cm³/mol. The van der Waals surface area contributed by atoms with Crippen LogP contribution in [0.4, 0.5) is 0 Å². The van der Waals surface area contributed by atoms with Crippen molar-refractivity contribution in [2.24, 2.45) is 0 Å². The van der Waals surface area contributed by atoms with Gasteiger partial charge in [0.05, 0.1) is 5.69 Å². The van der Waals surface area contributed by atoms with Gasteiger partial charge in [-0.05, 0) is 26.7 Å². The smallest absolute Gasteiger partial charge is 0.109 e. The summed E-state index contributed by atoms with van der Waals surface area (Å²) in [6.07, 6.45) is 17.8. The predicted octanol–water partition coefficient (Wildman–Crippen LogP) is 7.22. The Labute approximate surface area is 144 Å². The second-order valence-electron chi connectivity index (χ2n) is 7.29. The minimum atomic E-state index is 0.648. The summed E-state index contributed by atoms with van der Waals surface area (Å²) < 4.78 is 0. The fourth-order valence-corrected chi connectivity index (χ4v) is 3.35. The monoisotopic (exact) mass is 320 g/mol. The molecule has 0 saturated heterocycles. The van der Waals surface area contributed by atoms with Crippen molar-refractivity contribution in [1.29, 1.82) is 0 Å². The Morgan fingerprint density at radius 3 is 1.65 bits per heavy atom. The Morgan fingerprint density at radius 2 is 1.22 bits per heavy atom. The zero-order chi connectivity index (χ0) is 16.9. The van der Waals surface area contributed by atoms with Gasteiger partial charge in [-0.2, -0.15) is 0 Å². The van der Waals surface area contributed by atoms with E-state index in [2.05, 4.69) is 32.7 Å². The van der Waals surface area contributed by atoms with Crippen molar-refractivity contribution in [3.8, 4) is 0 Å². The third-order valence-electron chi connectivity index (χ3n) is 5.10. The summed E-state index contributed by atoms with van der Waals surface area (Å²) >= 11 is 0. The molecule has 1 atom stereocenters. The van der Waals surface area contributed by atoms with Gasteiger partial charge >= 0.3 is 0 Å². The maximum absolute atomic E-state index is 4.80. The summed E-state index contributed by atoms with van der Waals surface area (Å²) in [4.78, 5) is 8.34. The second-order valence-corrected chi connectivity index (χ2v) is 7.29. The highest BCUT2D eigenvalue weighted by molar-refractivity contribution is 5.13. The molecule has 1 N–H and O–H groups in total. The number of imidazole rings is 1. The molecule has 1 unspecified atom stereocenters. The SMILES string of the molecule is CCCCCCCCC(CCCCCCC)c1nc(C)c(C)[nH]1. The second kappa shape index (κ2) is 12.6. The molecule has 134 valence electrons. The molecule has 0 amide bonds. The van der Waals surface area contributed by atoms with E-state index >= 15 is 0 Å². The van der Waals surface area contributed by atoms with Gasteiger partial charge in [0.1, 0.15) is 5.82 Å². The van der Waals surface area contributed by atoms with Crippen LogP contribution in [0.5, 0.6) is 0 Å². The van der Waals surface area contributed by atoms with Crippen molar-refractivity contribution in [2.45, 2.75) is 117 Å². The van der Waals surface area contributed by atoms with Gasteiger partial charge in [0.2, 0.25) is 0 Å². The Kier molecular flexibility index (Phi) is 11.1. The summed E-state index contributed by atoms with van der Waals surface area (Å²) in [5, 5.41) is 0. The fraction of sp³-hybridized carbons (Fsp3) is 0.857. The van der Waals surface area contributed by atoms with Crippen LogP contribution in [0.25, 0.3) is 0 Å². The van der Waals surface area contributed by atoms with Gasteiger partial charge in [-0.15, -0.1) is 0 Å². The normalized spacial score (nSPS) is 12.7. The van der Waals surface area contributed by atoms with E-state index in [0.29, 0.717) is 5.92 Å². The molecule has 0 bridgehead atoms. The number of aryl methyl sites for hydroxylation is 2. The lowest BCUT2D eigenvalue weighted by Gasteiger charge is -2.15. The van der Waals surface area contributed by atoms with Gasteiger partial charge in [0.15, 0.2) is 0 Å². The molecule has 0 aliphatic carbocycles. The van der Waals surface area contributed by atoms with Gasteiger partial charge in [-0.3, -0.25) is 0 Å². The Bertz CT molecular complexity index is 375. The highest BCUT2D eigenvalue weighted by atomic mass is 14.9. The number of nitrogens with zero attached hydrogens (tertiary/aromatic N) is 1. The number of aromatic amines is 1. The molecule has 0 aliphatic heterocycles. The molecule has 1 heterocycles. The van der Waals surface area contributed by atoms with Crippen molar-refractivity contribution >= 4 is 0 Å². The van der Waals surface area contributed by atoms with Crippen molar-refractivity contribution < 1.29 is 0 Å². The standard InChI is InChI=1S/C21H40N2/c1-5-7-9-11-13-15-17-20(16-14-12-10-8-6-2)21-22-18(3)19(4)23-21/h20H,5-17H2,1-4H3,(H,22,23). The van der Waals surface area contributed by atoms with Crippen LogP contribution in [0.2, 0.25) is 0 Å². The lowest BCUT2D eigenvalue weighted by Crippen LogP contribution is -2.02. The summed E-state index contributed by atoms with van der Waals surface area (Å²) in [6.45, 7) is 8.85. The first-order valence-electron chi connectivity index (χ1n) is 10.2. The number of aromatic nitrogens is 2. The first kappa shape index (κ1) is 20.3. The van der Waals surface area contributed by atoms with Crippen LogP contribution in [0, 0.1) is 13.8 Å². The molecule has 0 saturated carbocycles. The molecular formula is C21H40N2. The molecule has 0 spiro atoms. The van der Waals surface area contributed by atoms with E-state index in [4.69, 9.17) is 4.98 Å². The van der Waals surface area contributed by atoms with E-state index in [1.54, 1.807) is 0 Å². The van der Waals surface area contributed by atoms with Gasteiger partial charge in [0.25, 0.3) is 0 Å². The molecule has 23 heavy (non-hydrogen) atoms. The Morgan fingerprint density at radius 1 is 0.739 bits per heavy atom. The van der Waals surface area contributed by atoms with E-state index in [9.17, 15) is 0 Å². The van der Waals surface area contributed by atoms with Crippen LogP contribution >= 0.6 is 0 Å². The molecule has 0 aromatic carbocycles. The van der Waals surface area contributed by atoms with Crippen molar-refractivity contribution in [2.75, 3.05) is 0 Å². The summed E-state index contributed by atoms with van der Waals surface area (Å²) in [6, 6.07) is 0. The van der Waals surface area contributed by atoms with Gasteiger partial charge < -0.3 is 4.98 Å². The molecular weight excluding hydrogens is 280 g/mol. The molecule has 1 rings (SSSR count). The molecule has 1 aromatic rings. The third-order valence-corrected chi connectivity index (χ3v) is 5.10. The zero-order valence-corrected chi connectivity index (χ0v) is 16.2. The van der Waals surface area contributed by atoms with Crippen LogP contribution in [-0.4, -0.2) is 9.97 Å². The minimum absolute atomic E-state index is 0.648. The van der Waals surface area contributed by atoms with Gasteiger partial charge in [-0.1, -0.05) is 84.5 Å². The lowest BCUT2D eigenvalue weighted by atomic mass is 9.93. The topological polar surface area (TPSA) is 28.7 Å². The number of hydrogen-bond donors (Lipinski definition) is 1. The van der Waals surface area contributed by atoms with Crippen LogP contribution < -0.4 is 0 Å². The molecule has 2 heteroatoms. The number of hydrogen-bond acceptors (Lipinski definition) is 1. The zero-order valence-electron chi connectivity index (χ0n) is 16.2. The molecule has 0 radical (unpaired) electrons. The van der Waals surface area contributed by atoms with Crippen LogP contribution in [0.1, 0.15) is 120 Å². The van der Waals surface area contributed by atoms with Crippen LogP contribution in [0.3, 0.4) is 0 Å². The summed E-state index contributed by atoms with van der Waals surface area (Å²) in [5.41, 5.74) is 2.43. The minimum Gasteiger partial charge on any atom is -0.346 e. The molecule has 0 aliphatic rings. The maximum Gasteiger partial charge on any atom is 0.109 e. The lowest BCUT2D eigenvalue weighted by molar-refractivity contribution is 0.475. The number of nitrogens with one attached hydrogen (secondary N) is 1. The average molecular weight is 321 g/mol. The van der Waals surface area contributed by atoms with Crippen molar-refractivity contribution in [3.05, 3.63) is 17.2 Å². The average Bonchev–Trinajstić information content (AvgIpc) is 2.87. The summed E-state index contributed by atoms with van der Waals surface area (Å²) in [5.74, 6) is 1.90. The third kappa shape index (κ3) is 8.58. The van der Waals surface area contributed by atoms with E-state index in [1.165, 1.54) is 101 Å². The van der Waals surface area contributed by atoms with E-state index in [1.807, 2.05) is 0 Å². The number of H-pyrrole nitrogens is 1. The van der Waals surface area contributed by atoms with Crippen molar-refractivity contribution in [3.63, 3.8) is 0 Å². The van der Waals surface area contributed by atoms with Crippen LogP contribution in [0.15, 0.2) is 0 Å². The van der Waals surface area contributed by atoms with Crippen LogP contribution in [-0.2, 0) is 0 Å². The van der Waals surface area contributed by atoms with Gasteiger partial charge in [0, 0.05) is 11.6 Å². The number of rotatable bonds is 14. The first-order valence-corrected chi connectivity index (χ1v) is 10.2. The van der Waals surface area contributed by atoms with Gasteiger partial charge in [-0.25, -0.2) is 4.98 Å². The molecule has 2 nitrogen and oxygen atoms in total. The first-order chi connectivity index (χ1) is 11.2. The number of unbranched alkanes of at least 4 members (excludes halogenated alkanes) is 9. The van der Waals surface area contributed by atoms with E-state index in [-0.39, 0.29) is 0 Å². The van der Waals surface area contributed by atoms with E-state index in [0.717, 1.165) is 0 Å². The fourth-order valence-electron chi connectivity index (χ4n) is 3.35. The molecule has 1 aromatic heterocycles. The maximum atomic E-state index is 4.80.